The number of benzene rings is 1. The predicted molar refractivity (Wildman–Crippen MR) is 84.8 cm³/mol. The number of unbranched alkanes of at least 4 members (excludes halogenated alkanes) is 3. The molecule has 0 amide bonds. The summed E-state index contributed by atoms with van der Waals surface area (Å²) in [7, 11) is 0. The summed E-state index contributed by atoms with van der Waals surface area (Å²) >= 11 is 0. The van der Waals surface area contributed by atoms with Crippen molar-refractivity contribution in [2.75, 3.05) is 0 Å². The molecule has 0 aliphatic rings. The maximum atomic E-state index is 10.4. The fraction of sp³-hybridized carbons (Fsp3) is 0.667. The second-order valence-corrected chi connectivity index (χ2v) is 6.19. The summed E-state index contributed by atoms with van der Waals surface area (Å²) in [6.45, 7) is 4.02. The molecule has 2 N–H and O–H groups in total. The maximum Gasteiger partial charge on any atom is 0.0647 e. The van der Waals surface area contributed by atoms with Crippen LogP contribution in [0.5, 0.6) is 0 Å². The normalized spacial score (nSPS) is 15.8. The van der Waals surface area contributed by atoms with Crippen molar-refractivity contribution < 1.29 is 10.2 Å². The highest BCUT2D eigenvalue weighted by atomic mass is 16.3. The van der Waals surface area contributed by atoms with Crippen molar-refractivity contribution in [3.05, 3.63) is 35.9 Å². The van der Waals surface area contributed by atoms with Gasteiger partial charge in [0.05, 0.1) is 11.7 Å². The molecule has 2 heteroatoms. The molecule has 0 aromatic heterocycles. The molecular formula is C18H30O2. The van der Waals surface area contributed by atoms with Gasteiger partial charge in [-0.05, 0) is 31.7 Å². The van der Waals surface area contributed by atoms with Crippen LogP contribution in [0, 0.1) is 0 Å². The topological polar surface area (TPSA) is 40.5 Å². The lowest BCUT2D eigenvalue weighted by molar-refractivity contribution is -0.00508. The fourth-order valence-corrected chi connectivity index (χ4v) is 2.58. The molecule has 0 aliphatic carbocycles. The van der Waals surface area contributed by atoms with Gasteiger partial charge in [0, 0.05) is 6.42 Å². The summed E-state index contributed by atoms with van der Waals surface area (Å²) in [6, 6.07) is 10.2. The molecule has 0 fully saturated rings. The second-order valence-electron chi connectivity index (χ2n) is 6.19. The van der Waals surface area contributed by atoms with E-state index in [0.717, 1.165) is 19.3 Å². The SMILES string of the molecule is CCCCCC[C@@H](O)C[C@](C)(O)CCc1ccccc1. The monoisotopic (exact) mass is 278 g/mol. The molecule has 1 aromatic rings. The maximum absolute atomic E-state index is 10.4. The molecule has 0 unspecified atom stereocenters. The average molecular weight is 278 g/mol. The second kappa shape index (κ2) is 9.15. The molecular weight excluding hydrogens is 248 g/mol. The van der Waals surface area contributed by atoms with Crippen LogP contribution in [0.1, 0.15) is 64.4 Å². The molecule has 0 bridgehead atoms. The highest BCUT2D eigenvalue weighted by Crippen LogP contribution is 2.22. The largest absolute Gasteiger partial charge is 0.393 e. The summed E-state index contributed by atoms with van der Waals surface area (Å²) in [5.41, 5.74) is 0.463. The fourth-order valence-electron chi connectivity index (χ4n) is 2.58. The van der Waals surface area contributed by atoms with Crippen LogP contribution < -0.4 is 0 Å². The minimum absolute atomic E-state index is 0.377. The van der Waals surface area contributed by atoms with Crippen molar-refractivity contribution in [2.24, 2.45) is 0 Å². The van der Waals surface area contributed by atoms with E-state index in [-0.39, 0.29) is 6.10 Å². The number of hydrogen-bond acceptors (Lipinski definition) is 2. The number of aliphatic hydroxyl groups excluding tert-OH is 1. The lowest BCUT2D eigenvalue weighted by Gasteiger charge is -2.26. The van der Waals surface area contributed by atoms with Crippen LogP contribution in [0.25, 0.3) is 0 Å². The van der Waals surface area contributed by atoms with Crippen molar-refractivity contribution in [2.45, 2.75) is 76.9 Å². The molecule has 0 heterocycles. The molecule has 2 nitrogen and oxygen atoms in total. The Labute approximate surface area is 123 Å². The first-order valence-electron chi connectivity index (χ1n) is 7.98. The minimum atomic E-state index is -0.778. The quantitative estimate of drug-likeness (QED) is 0.633. The van der Waals surface area contributed by atoms with Crippen LogP contribution in [-0.2, 0) is 6.42 Å². The first-order valence-corrected chi connectivity index (χ1v) is 7.98. The van der Waals surface area contributed by atoms with Gasteiger partial charge in [-0.1, -0.05) is 62.9 Å². The van der Waals surface area contributed by atoms with Crippen LogP contribution in [-0.4, -0.2) is 21.9 Å². The van der Waals surface area contributed by atoms with Crippen molar-refractivity contribution in [3.63, 3.8) is 0 Å². The van der Waals surface area contributed by atoms with E-state index in [2.05, 4.69) is 19.1 Å². The Morgan fingerprint density at radius 3 is 2.45 bits per heavy atom. The van der Waals surface area contributed by atoms with Crippen LogP contribution in [0.15, 0.2) is 30.3 Å². The van der Waals surface area contributed by atoms with Gasteiger partial charge in [0.15, 0.2) is 0 Å². The molecule has 2 atom stereocenters. The lowest BCUT2D eigenvalue weighted by Crippen LogP contribution is -2.30. The van der Waals surface area contributed by atoms with Crippen molar-refractivity contribution in [3.8, 4) is 0 Å². The van der Waals surface area contributed by atoms with Crippen molar-refractivity contribution in [1.29, 1.82) is 0 Å². The standard InChI is InChI=1S/C18H30O2/c1-3-4-5-9-12-17(19)15-18(2,20)14-13-16-10-7-6-8-11-16/h6-8,10-11,17,19-20H,3-5,9,12-15H2,1-2H3/t17-,18-/m1/s1. The van der Waals surface area contributed by atoms with Gasteiger partial charge in [-0.2, -0.15) is 0 Å². The molecule has 1 rings (SSSR count). The van der Waals surface area contributed by atoms with Crippen LogP contribution in [0.4, 0.5) is 0 Å². The van der Waals surface area contributed by atoms with Crippen molar-refractivity contribution >= 4 is 0 Å². The Balaban J connectivity index is 2.25. The third-order valence-electron chi connectivity index (χ3n) is 3.86. The lowest BCUT2D eigenvalue weighted by atomic mass is 9.89. The molecule has 20 heavy (non-hydrogen) atoms. The number of rotatable bonds is 10. The van der Waals surface area contributed by atoms with E-state index in [1.165, 1.54) is 24.8 Å². The van der Waals surface area contributed by atoms with E-state index in [0.29, 0.717) is 12.8 Å². The highest BCUT2D eigenvalue weighted by Gasteiger charge is 2.23. The third kappa shape index (κ3) is 7.66. The number of aryl methyl sites for hydroxylation is 1. The first-order chi connectivity index (χ1) is 9.53. The van der Waals surface area contributed by atoms with Gasteiger partial charge in [0.1, 0.15) is 0 Å². The molecule has 114 valence electrons. The Kier molecular flexibility index (Phi) is 7.86. The average Bonchev–Trinajstić information content (AvgIpc) is 2.42. The minimum Gasteiger partial charge on any atom is -0.393 e. The third-order valence-corrected chi connectivity index (χ3v) is 3.86. The zero-order valence-corrected chi connectivity index (χ0v) is 13.0. The van der Waals surface area contributed by atoms with E-state index < -0.39 is 5.60 Å². The van der Waals surface area contributed by atoms with Gasteiger partial charge in [-0.25, -0.2) is 0 Å². The Morgan fingerprint density at radius 1 is 1.10 bits per heavy atom. The molecule has 0 saturated heterocycles. The molecule has 1 aromatic carbocycles. The Hall–Kier alpha value is -0.860. The summed E-state index contributed by atoms with van der Waals surface area (Å²) in [5, 5.41) is 20.4. The van der Waals surface area contributed by atoms with E-state index in [1.54, 1.807) is 0 Å². The highest BCUT2D eigenvalue weighted by molar-refractivity contribution is 5.15. The Morgan fingerprint density at radius 2 is 1.80 bits per heavy atom. The van der Waals surface area contributed by atoms with Crippen LogP contribution in [0.3, 0.4) is 0 Å². The molecule has 0 aliphatic heterocycles. The van der Waals surface area contributed by atoms with Gasteiger partial charge in [-0.15, -0.1) is 0 Å². The van der Waals surface area contributed by atoms with Gasteiger partial charge >= 0.3 is 0 Å². The van der Waals surface area contributed by atoms with Gasteiger partial charge < -0.3 is 10.2 Å². The zero-order valence-electron chi connectivity index (χ0n) is 13.0. The summed E-state index contributed by atoms with van der Waals surface area (Å²) in [4.78, 5) is 0. The summed E-state index contributed by atoms with van der Waals surface area (Å²) in [6.07, 6.45) is 7.15. The van der Waals surface area contributed by atoms with Gasteiger partial charge in [-0.3, -0.25) is 0 Å². The zero-order chi connectivity index (χ0) is 14.8. The van der Waals surface area contributed by atoms with E-state index in [9.17, 15) is 10.2 Å². The van der Waals surface area contributed by atoms with E-state index in [4.69, 9.17) is 0 Å². The first kappa shape index (κ1) is 17.2. The molecule has 0 saturated carbocycles. The number of aliphatic hydroxyl groups is 2. The number of hydrogen-bond donors (Lipinski definition) is 2. The molecule has 0 radical (unpaired) electrons. The van der Waals surface area contributed by atoms with Crippen LogP contribution in [0.2, 0.25) is 0 Å². The van der Waals surface area contributed by atoms with E-state index >= 15 is 0 Å². The summed E-state index contributed by atoms with van der Waals surface area (Å²) in [5.74, 6) is 0. The smallest absolute Gasteiger partial charge is 0.0647 e. The van der Waals surface area contributed by atoms with Gasteiger partial charge in [0.2, 0.25) is 0 Å². The predicted octanol–water partition coefficient (Wildman–Crippen LogP) is 4.09. The van der Waals surface area contributed by atoms with Crippen LogP contribution >= 0.6 is 0 Å². The van der Waals surface area contributed by atoms with Gasteiger partial charge in [0.25, 0.3) is 0 Å². The Bertz CT molecular complexity index is 346. The van der Waals surface area contributed by atoms with Crippen molar-refractivity contribution in [1.82, 2.24) is 0 Å². The molecule has 0 spiro atoms. The summed E-state index contributed by atoms with van der Waals surface area (Å²) < 4.78 is 0. The van der Waals surface area contributed by atoms with E-state index in [1.807, 2.05) is 25.1 Å².